The van der Waals surface area contributed by atoms with Crippen molar-refractivity contribution in [1.29, 1.82) is 0 Å². The minimum Gasteiger partial charge on any atom is -0.316 e. The first kappa shape index (κ1) is 11.9. The van der Waals surface area contributed by atoms with Gasteiger partial charge in [0.05, 0.1) is 0 Å². The van der Waals surface area contributed by atoms with Crippen molar-refractivity contribution in [1.82, 2.24) is 5.32 Å². The van der Waals surface area contributed by atoms with Crippen molar-refractivity contribution >= 4 is 27.6 Å². The van der Waals surface area contributed by atoms with Gasteiger partial charge in [0.1, 0.15) is 0 Å². The second-order valence-electron chi connectivity index (χ2n) is 4.69. The maximum atomic E-state index is 3.15. The fraction of sp³-hybridized carbons (Fsp3) is 0.111. The predicted molar refractivity (Wildman–Crippen MR) is 84.4 cm³/mol. The lowest BCUT2D eigenvalue weighted by Gasteiger charge is -2.08. The fourth-order valence-electron chi connectivity index (χ4n) is 2.52. The summed E-state index contributed by atoms with van der Waals surface area (Å²) in [5.74, 6) is 0. The maximum Gasteiger partial charge on any atom is 0.0135 e. The highest BCUT2D eigenvalue weighted by molar-refractivity contribution is 6.06. The van der Waals surface area contributed by atoms with E-state index in [4.69, 9.17) is 0 Å². The molecule has 0 saturated carbocycles. The van der Waals surface area contributed by atoms with Crippen molar-refractivity contribution < 1.29 is 0 Å². The molecule has 0 aliphatic carbocycles. The molecule has 0 bridgehead atoms. The van der Waals surface area contributed by atoms with Gasteiger partial charge >= 0.3 is 0 Å². The summed E-state index contributed by atoms with van der Waals surface area (Å²) in [7, 11) is 1.96. The Hall–Kier alpha value is -2.12. The third kappa shape index (κ3) is 2.25. The largest absolute Gasteiger partial charge is 0.316 e. The Balaban J connectivity index is 2.33. The Bertz CT molecular complexity index is 687. The van der Waals surface area contributed by atoms with Crippen molar-refractivity contribution in [2.24, 2.45) is 0 Å². The van der Waals surface area contributed by atoms with Crippen molar-refractivity contribution in [3.05, 3.63) is 66.2 Å². The highest BCUT2D eigenvalue weighted by atomic mass is 14.8. The number of nitrogens with one attached hydrogen (secondary N) is 1. The van der Waals surface area contributed by atoms with E-state index in [1.165, 1.54) is 27.1 Å². The van der Waals surface area contributed by atoms with Gasteiger partial charge in [0.2, 0.25) is 0 Å². The normalized spacial score (nSPS) is 11.6. The van der Waals surface area contributed by atoms with Gasteiger partial charge in [-0.3, -0.25) is 0 Å². The standard InChI is InChI=1S/C18H17N/c1-19-12-6-11-18-16-9-4-2-7-14(16)13-15-8-3-5-10-17(15)18/h2-11,13,19H,12H2,1H3/b11-6+. The maximum absolute atomic E-state index is 3.15. The van der Waals surface area contributed by atoms with Crippen LogP contribution in [0, 0.1) is 0 Å². The Morgan fingerprint density at radius 2 is 1.47 bits per heavy atom. The molecule has 0 atom stereocenters. The lowest BCUT2D eigenvalue weighted by atomic mass is 9.96. The molecule has 3 aromatic carbocycles. The molecule has 0 aliphatic heterocycles. The van der Waals surface area contributed by atoms with Crippen LogP contribution >= 0.6 is 0 Å². The van der Waals surface area contributed by atoms with E-state index in [1.807, 2.05) is 7.05 Å². The van der Waals surface area contributed by atoms with Gasteiger partial charge in [-0.1, -0.05) is 60.7 Å². The van der Waals surface area contributed by atoms with E-state index in [0.717, 1.165) is 6.54 Å². The predicted octanol–water partition coefficient (Wildman–Crippen LogP) is 4.23. The van der Waals surface area contributed by atoms with E-state index in [2.05, 4.69) is 72.1 Å². The van der Waals surface area contributed by atoms with Crippen LogP contribution in [0.15, 0.2) is 60.7 Å². The number of benzene rings is 3. The van der Waals surface area contributed by atoms with Crippen LogP contribution in [0.1, 0.15) is 5.56 Å². The van der Waals surface area contributed by atoms with E-state index >= 15 is 0 Å². The van der Waals surface area contributed by atoms with Gasteiger partial charge in [-0.05, 0) is 40.2 Å². The molecule has 94 valence electrons. The molecule has 0 radical (unpaired) electrons. The first-order valence-electron chi connectivity index (χ1n) is 6.62. The molecule has 0 aliphatic rings. The van der Waals surface area contributed by atoms with Crippen molar-refractivity contribution in [2.75, 3.05) is 13.6 Å². The first-order valence-corrected chi connectivity index (χ1v) is 6.62. The molecule has 0 saturated heterocycles. The fourth-order valence-corrected chi connectivity index (χ4v) is 2.52. The Morgan fingerprint density at radius 3 is 2.05 bits per heavy atom. The quantitative estimate of drug-likeness (QED) is 0.683. The molecular formula is C18H17N. The molecule has 19 heavy (non-hydrogen) atoms. The Morgan fingerprint density at radius 1 is 0.895 bits per heavy atom. The lowest BCUT2D eigenvalue weighted by Crippen LogP contribution is -2.03. The Labute approximate surface area is 113 Å². The van der Waals surface area contributed by atoms with E-state index in [9.17, 15) is 0 Å². The molecule has 0 aromatic heterocycles. The zero-order valence-corrected chi connectivity index (χ0v) is 11.1. The van der Waals surface area contributed by atoms with Gasteiger partial charge in [0.25, 0.3) is 0 Å². The molecule has 1 nitrogen and oxygen atoms in total. The minimum absolute atomic E-state index is 0.886. The number of hydrogen-bond acceptors (Lipinski definition) is 1. The number of likely N-dealkylation sites (N-methyl/N-ethyl adjacent to an activating group) is 1. The van der Waals surface area contributed by atoms with Crippen LogP contribution in [0.3, 0.4) is 0 Å². The van der Waals surface area contributed by atoms with Crippen LogP contribution < -0.4 is 5.32 Å². The van der Waals surface area contributed by atoms with E-state index in [0.29, 0.717) is 0 Å². The van der Waals surface area contributed by atoms with E-state index in [-0.39, 0.29) is 0 Å². The summed E-state index contributed by atoms with van der Waals surface area (Å²) < 4.78 is 0. The van der Waals surface area contributed by atoms with Gasteiger partial charge in [-0.25, -0.2) is 0 Å². The van der Waals surface area contributed by atoms with Gasteiger partial charge in [0, 0.05) is 6.54 Å². The summed E-state index contributed by atoms with van der Waals surface area (Å²) in [5, 5.41) is 8.37. The van der Waals surface area contributed by atoms with Gasteiger partial charge in [0.15, 0.2) is 0 Å². The second-order valence-corrected chi connectivity index (χ2v) is 4.69. The van der Waals surface area contributed by atoms with E-state index in [1.54, 1.807) is 0 Å². The molecule has 0 heterocycles. The molecule has 0 fully saturated rings. The zero-order valence-electron chi connectivity index (χ0n) is 11.1. The molecule has 3 aromatic rings. The molecule has 1 heteroatoms. The molecule has 1 N–H and O–H groups in total. The average Bonchev–Trinajstić information content (AvgIpc) is 2.46. The third-order valence-electron chi connectivity index (χ3n) is 3.42. The highest BCUT2D eigenvalue weighted by Gasteiger charge is 2.03. The number of rotatable bonds is 3. The summed E-state index contributed by atoms with van der Waals surface area (Å²) in [4.78, 5) is 0. The second kappa shape index (κ2) is 5.25. The first-order chi connectivity index (χ1) is 9.40. The summed E-state index contributed by atoms with van der Waals surface area (Å²) in [6.07, 6.45) is 4.40. The molecular weight excluding hydrogens is 230 g/mol. The van der Waals surface area contributed by atoms with Crippen LogP contribution in [-0.4, -0.2) is 13.6 Å². The molecule has 0 spiro atoms. The smallest absolute Gasteiger partial charge is 0.0135 e. The van der Waals surface area contributed by atoms with Crippen LogP contribution in [0.2, 0.25) is 0 Å². The monoisotopic (exact) mass is 247 g/mol. The van der Waals surface area contributed by atoms with Gasteiger partial charge in [-0.2, -0.15) is 0 Å². The topological polar surface area (TPSA) is 12.0 Å². The lowest BCUT2D eigenvalue weighted by molar-refractivity contribution is 0.922. The average molecular weight is 247 g/mol. The molecule has 0 unspecified atom stereocenters. The third-order valence-corrected chi connectivity index (χ3v) is 3.42. The number of fused-ring (bicyclic) bond motifs is 2. The van der Waals surface area contributed by atoms with Crippen LogP contribution in [0.25, 0.3) is 27.6 Å². The van der Waals surface area contributed by atoms with Crippen LogP contribution in [0.4, 0.5) is 0 Å². The molecule has 3 rings (SSSR count). The van der Waals surface area contributed by atoms with Gasteiger partial charge in [-0.15, -0.1) is 0 Å². The minimum atomic E-state index is 0.886. The van der Waals surface area contributed by atoms with Crippen LogP contribution in [-0.2, 0) is 0 Å². The SMILES string of the molecule is CNC/C=C/c1c2ccccc2cc2ccccc12. The summed E-state index contributed by atoms with van der Waals surface area (Å²) >= 11 is 0. The zero-order chi connectivity index (χ0) is 13.1. The van der Waals surface area contributed by atoms with Crippen molar-refractivity contribution in [2.45, 2.75) is 0 Å². The summed E-state index contributed by atoms with van der Waals surface area (Å²) in [6.45, 7) is 0.886. The van der Waals surface area contributed by atoms with Gasteiger partial charge < -0.3 is 5.32 Å². The summed E-state index contributed by atoms with van der Waals surface area (Å²) in [5.41, 5.74) is 1.31. The summed E-state index contributed by atoms with van der Waals surface area (Å²) in [6, 6.07) is 19.4. The number of hydrogen-bond donors (Lipinski definition) is 1. The highest BCUT2D eigenvalue weighted by Crippen LogP contribution is 2.29. The van der Waals surface area contributed by atoms with Crippen molar-refractivity contribution in [3.63, 3.8) is 0 Å². The van der Waals surface area contributed by atoms with Crippen molar-refractivity contribution in [3.8, 4) is 0 Å². The van der Waals surface area contributed by atoms with Crippen LogP contribution in [0.5, 0.6) is 0 Å². The molecule has 0 amide bonds. The Kier molecular flexibility index (Phi) is 3.30. The van der Waals surface area contributed by atoms with E-state index < -0.39 is 0 Å².